The summed E-state index contributed by atoms with van der Waals surface area (Å²) in [4.78, 5) is 0.467. The maximum atomic E-state index is 13.7. The minimum absolute atomic E-state index is 0.154. The predicted molar refractivity (Wildman–Crippen MR) is 75.3 cm³/mol. The second kappa shape index (κ2) is 5.56. The number of fused-ring (bicyclic) bond motifs is 1. The van der Waals surface area contributed by atoms with Gasteiger partial charge in [0.1, 0.15) is 5.76 Å². The van der Waals surface area contributed by atoms with Crippen molar-refractivity contribution in [1.82, 2.24) is 0 Å². The highest BCUT2D eigenvalue weighted by molar-refractivity contribution is 7.88. The first-order valence-corrected chi connectivity index (χ1v) is 8.07. The summed E-state index contributed by atoms with van der Waals surface area (Å²) in [5.41, 5.74) is 0.687. The molecule has 1 aromatic carbocycles. The van der Waals surface area contributed by atoms with Crippen molar-refractivity contribution in [3.63, 3.8) is 0 Å². The first kappa shape index (κ1) is 13.6. The van der Waals surface area contributed by atoms with Gasteiger partial charge in [-0.25, -0.2) is 8.60 Å². The van der Waals surface area contributed by atoms with Gasteiger partial charge < -0.3 is 9.47 Å². The molecule has 0 spiro atoms. The summed E-state index contributed by atoms with van der Waals surface area (Å²) < 4.78 is 36.7. The Hall–Kier alpha value is -1.36. The molecule has 2 aliphatic rings. The monoisotopic (exact) mass is 296 g/mol. The SMILES string of the molecule is COc1cc2c(cc1F)S(=O)C=C2OC1CCCCC1. The van der Waals surface area contributed by atoms with Crippen LogP contribution < -0.4 is 4.74 Å². The molecule has 0 bridgehead atoms. The van der Waals surface area contributed by atoms with E-state index in [1.165, 1.54) is 32.4 Å². The van der Waals surface area contributed by atoms with Crippen molar-refractivity contribution in [2.24, 2.45) is 0 Å². The highest BCUT2D eigenvalue weighted by Gasteiger charge is 2.27. The van der Waals surface area contributed by atoms with E-state index in [4.69, 9.17) is 9.47 Å². The summed E-state index contributed by atoms with van der Waals surface area (Å²) in [6, 6.07) is 2.85. The quantitative estimate of drug-likeness (QED) is 0.855. The summed E-state index contributed by atoms with van der Waals surface area (Å²) in [6.45, 7) is 0. The van der Waals surface area contributed by atoms with Gasteiger partial charge in [-0.05, 0) is 37.8 Å². The molecule has 1 saturated carbocycles. The molecule has 0 aromatic heterocycles. The average molecular weight is 296 g/mol. The lowest BCUT2D eigenvalue weighted by atomic mass is 9.97. The van der Waals surface area contributed by atoms with Gasteiger partial charge >= 0.3 is 0 Å². The van der Waals surface area contributed by atoms with Gasteiger partial charge in [-0.3, -0.25) is 0 Å². The van der Waals surface area contributed by atoms with Gasteiger partial charge in [-0.2, -0.15) is 0 Å². The zero-order valence-electron chi connectivity index (χ0n) is 11.4. The molecule has 1 fully saturated rings. The Morgan fingerprint density at radius 1 is 1.25 bits per heavy atom. The molecule has 1 unspecified atom stereocenters. The largest absolute Gasteiger partial charge is 0.494 e. The van der Waals surface area contributed by atoms with E-state index in [2.05, 4.69) is 0 Å². The zero-order valence-corrected chi connectivity index (χ0v) is 12.2. The number of benzene rings is 1. The molecule has 1 aromatic rings. The lowest BCUT2D eigenvalue weighted by molar-refractivity contribution is 0.125. The normalized spacial score (nSPS) is 22.3. The summed E-state index contributed by atoms with van der Waals surface area (Å²) in [7, 11) is 0.0835. The summed E-state index contributed by atoms with van der Waals surface area (Å²) in [5, 5.41) is 1.57. The first-order valence-electron chi connectivity index (χ1n) is 6.86. The third-order valence-electron chi connectivity index (χ3n) is 3.80. The fourth-order valence-corrected chi connectivity index (χ4v) is 3.83. The molecule has 1 heterocycles. The number of rotatable bonds is 3. The topological polar surface area (TPSA) is 35.5 Å². The number of ether oxygens (including phenoxy) is 2. The fourth-order valence-electron chi connectivity index (χ4n) is 2.73. The third kappa shape index (κ3) is 2.46. The molecule has 20 heavy (non-hydrogen) atoms. The van der Waals surface area contributed by atoms with Crippen LogP contribution in [0, 0.1) is 5.82 Å². The standard InChI is InChI=1S/C15H17FO3S/c1-18-13-7-11-14(19-10-5-3-2-4-6-10)9-20(17)15(11)8-12(13)16/h7-10H,2-6H2,1H3. The van der Waals surface area contributed by atoms with E-state index < -0.39 is 16.6 Å². The van der Waals surface area contributed by atoms with Crippen molar-refractivity contribution in [3.8, 4) is 5.75 Å². The second-order valence-corrected chi connectivity index (χ2v) is 6.41. The number of methoxy groups -OCH3 is 1. The fraction of sp³-hybridized carbons (Fsp3) is 0.467. The lowest BCUT2D eigenvalue weighted by Crippen LogP contribution is -2.15. The van der Waals surface area contributed by atoms with Crippen LogP contribution in [0.4, 0.5) is 4.39 Å². The van der Waals surface area contributed by atoms with Gasteiger partial charge in [0, 0.05) is 5.56 Å². The molecule has 0 N–H and O–H groups in total. The van der Waals surface area contributed by atoms with E-state index in [1.54, 1.807) is 11.5 Å². The lowest BCUT2D eigenvalue weighted by Gasteiger charge is -2.23. The maximum absolute atomic E-state index is 13.7. The molecular formula is C15H17FO3S. The van der Waals surface area contributed by atoms with Gasteiger partial charge in [-0.15, -0.1) is 0 Å². The van der Waals surface area contributed by atoms with Crippen molar-refractivity contribution in [2.75, 3.05) is 7.11 Å². The van der Waals surface area contributed by atoms with E-state index in [1.807, 2.05) is 0 Å². The van der Waals surface area contributed by atoms with E-state index in [-0.39, 0.29) is 11.9 Å². The minimum atomic E-state index is -1.34. The van der Waals surface area contributed by atoms with Crippen LogP contribution in [0.2, 0.25) is 0 Å². The molecule has 5 heteroatoms. The van der Waals surface area contributed by atoms with Gasteiger partial charge in [0.25, 0.3) is 0 Å². The van der Waals surface area contributed by atoms with E-state index >= 15 is 0 Å². The number of halogens is 1. The molecule has 0 amide bonds. The van der Waals surface area contributed by atoms with Gasteiger partial charge in [-0.1, -0.05) is 6.42 Å². The van der Waals surface area contributed by atoms with Gasteiger partial charge in [0.2, 0.25) is 0 Å². The number of hydrogen-bond donors (Lipinski definition) is 0. The van der Waals surface area contributed by atoms with Crippen molar-refractivity contribution >= 4 is 16.6 Å². The van der Waals surface area contributed by atoms with E-state index in [0.29, 0.717) is 16.2 Å². The molecule has 1 atom stereocenters. The van der Waals surface area contributed by atoms with Gasteiger partial charge in [0.05, 0.1) is 34.3 Å². The van der Waals surface area contributed by atoms with Crippen LogP contribution in [0.1, 0.15) is 37.7 Å². The van der Waals surface area contributed by atoms with Crippen LogP contribution in [0.5, 0.6) is 5.75 Å². The van der Waals surface area contributed by atoms with E-state index in [0.717, 1.165) is 12.8 Å². The Balaban J connectivity index is 1.88. The molecule has 1 aliphatic carbocycles. The molecular weight excluding hydrogens is 279 g/mol. The molecule has 3 nitrogen and oxygen atoms in total. The van der Waals surface area contributed by atoms with Crippen molar-refractivity contribution < 1.29 is 18.1 Å². The Morgan fingerprint density at radius 3 is 2.70 bits per heavy atom. The van der Waals surface area contributed by atoms with Crippen LogP contribution in [0.3, 0.4) is 0 Å². The Bertz CT molecular complexity index is 577. The van der Waals surface area contributed by atoms with Crippen LogP contribution >= 0.6 is 0 Å². The molecule has 108 valence electrons. The smallest absolute Gasteiger partial charge is 0.166 e. The molecule has 0 saturated heterocycles. The zero-order chi connectivity index (χ0) is 14.1. The van der Waals surface area contributed by atoms with E-state index in [9.17, 15) is 8.60 Å². The molecule has 0 radical (unpaired) electrons. The predicted octanol–water partition coefficient (Wildman–Crippen LogP) is 3.60. The van der Waals surface area contributed by atoms with Crippen molar-refractivity contribution in [1.29, 1.82) is 0 Å². The summed E-state index contributed by atoms with van der Waals surface area (Å²) >= 11 is 0. The Kier molecular flexibility index (Phi) is 3.78. The Labute approximate surface area is 120 Å². The highest BCUT2D eigenvalue weighted by atomic mass is 32.2. The van der Waals surface area contributed by atoms with Gasteiger partial charge in [0.15, 0.2) is 11.6 Å². The first-order chi connectivity index (χ1) is 9.69. The van der Waals surface area contributed by atoms with Crippen LogP contribution in [0.15, 0.2) is 22.4 Å². The molecule has 3 rings (SSSR count). The minimum Gasteiger partial charge on any atom is -0.494 e. The Morgan fingerprint density at radius 2 is 2.00 bits per heavy atom. The van der Waals surface area contributed by atoms with Crippen LogP contribution in [-0.4, -0.2) is 17.4 Å². The number of hydrogen-bond acceptors (Lipinski definition) is 3. The average Bonchev–Trinajstić information content (AvgIpc) is 2.75. The van der Waals surface area contributed by atoms with Crippen LogP contribution in [-0.2, 0) is 15.5 Å². The highest BCUT2D eigenvalue weighted by Crippen LogP contribution is 2.37. The van der Waals surface area contributed by atoms with Crippen molar-refractivity contribution in [3.05, 3.63) is 28.9 Å². The second-order valence-electron chi connectivity index (χ2n) is 5.14. The summed E-state index contributed by atoms with van der Waals surface area (Å²) in [5.74, 6) is 0.260. The summed E-state index contributed by atoms with van der Waals surface area (Å²) in [6.07, 6.45) is 5.81. The third-order valence-corrected chi connectivity index (χ3v) is 5.00. The molecule has 1 aliphatic heterocycles. The van der Waals surface area contributed by atoms with Crippen LogP contribution in [0.25, 0.3) is 5.76 Å². The maximum Gasteiger partial charge on any atom is 0.166 e. The van der Waals surface area contributed by atoms with Crippen molar-refractivity contribution in [2.45, 2.75) is 43.1 Å².